The van der Waals surface area contributed by atoms with Gasteiger partial charge in [0.25, 0.3) is 0 Å². The van der Waals surface area contributed by atoms with Crippen LogP contribution in [0.1, 0.15) is 5.56 Å². The van der Waals surface area contributed by atoms with Gasteiger partial charge in [0.2, 0.25) is 0 Å². The van der Waals surface area contributed by atoms with Crippen molar-refractivity contribution in [2.75, 3.05) is 11.1 Å². The number of halogens is 2. The molecule has 17 heavy (non-hydrogen) atoms. The van der Waals surface area contributed by atoms with Gasteiger partial charge >= 0.3 is 0 Å². The largest absolute Gasteiger partial charge is 0.399 e. The average Bonchev–Trinajstić information content (AvgIpc) is 2.21. The van der Waals surface area contributed by atoms with E-state index in [0.29, 0.717) is 5.02 Å². The summed E-state index contributed by atoms with van der Waals surface area (Å²) in [6.45, 7) is 2.00. The van der Waals surface area contributed by atoms with Gasteiger partial charge in [0.15, 0.2) is 0 Å². The van der Waals surface area contributed by atoms with Crippen molar-refractivity contribution in [3.8, 4) is 0 Å². The molecule has 0 bridgehead atoms. The van der Waals surface area contributed by atoms with Crippen molar-refractivity contribution in [3.63, 3.8) is 0 Å². The number of nitrogens with one attached hydrogen (secondary N) is 1. The minimum Gasteiger partial charge on any atom is -0.399 e. The monoisotopic (exact) mass is 310 g/mol. The first kappa shape index (κ1) is 12.3. The molecular weight excluding hydrogens is 300 g/mol. The Morgan fingerprint density at radius 2 is 1.94 bits per heavy atom. The summed E-state index contributed by atoms with van der Waals surface area (Å²) in [7, 11) is 0. The molecule has 0 aliphatic heterocycles. The second kappa shape index (κ2) is 4.98. The van der Waals surface area contributed by atoms with Crippen molar-refractivity contribution in [1.29, 1.82) is 0 Å². The van der Waals surface area contributed by atoms with Gasteiger partial charge < -0.3 is 11.1 Å². The second-order valence-electron chi connectivity index (χ2n) is 3.88. The molecule has 0 aliphatic rings. The molecule has 2 aromatic rings. The Hall–Kier alpha value is -1.19. The van der Waals surface area contributed by atoms with Crippen molar-refractivity contribution in [2.45, 2.75) is 6.92 Å². The number of aryl methyl sites for hydroxylation is 1. The number of hydrogen-bond donors (Lipinski definition) is 2. The van der Waals surface area contributed by atoms with Crippen LogP contribution in [-0.4, -0.2) is 0 Å². The van der Waals surface area contributed by atoms with Crippen molar-refractivity contribution in [2.24, 2.45) is 0 Å². The molecule has 0 saturated heterocycles. The van der Waals surface area contributed by atoms with E-state index in [4.69, 9.17) is 17.3 Å². The molecule has 0 saturated carbocycles. The molecule has 4 heteroatoms. The molecule has 2 rings (SSSR count). The highest BCUT2D eigenvalue weighted by Gasteiger charge is 2.02. The third kappa shape index (κ3) is 3.14. The van der Waals surface area contributed by atoms with Gasteiger partial charge in [-0.1, -0.05) is 27.5 Å². The summed E-state index contributed by atoms with van der Waals surface area (Å²) in [6.07, 6.45) is 0. The topological polar surface area (TPSA) is 38.0 Å². The van der Waals surface area contributed by atoms with Gasteiger partial charge in [-0.05, 0) is 48.9 Å². The summed E-state index contributed by atoms with van der Waals surface area (Å²) in [5.41, 5.74) is 9.44. The van der Waals surface area contributed by atoms with Gasteiger partial charge in [0, 0.05) is 15.8 Å². The molecule has 0 atom stereocenters. The number of benzene rings is 2. The first-order valence-electron chi connectivity index (χ1n) is 5.14. The van der Waals surface area contributed by atoms with Crippen molar-refractivity contribution >= 4 is 44.6 Å². The van der Waals surface area contributed by atoms with Gasteiger partial charge in [0.1, 0.15) is 0 Å². The Bertz CT molecular complexity index is 535. The Morgan fingerprint density at radius 1 is 1.18 bits per heavy atom. The van der Waals surface area contributed by atoms with Crippen LogP contribution in [0.15, 0.2) is 40.9 Å². The van der Waals surface area contributed by atoms with E-state index in [0.717, 1.165) is 27.1 Å². The number of rotatable bonds is 2. The van der Waals surface area contributed by atoms with Crippen molar-refractivity contribution in [1.82, 2.24) is 0 Å². The molecule has 0 heterocycles. The van der Waals surface area contributed by atoms with Gasteiger partial charge in [-0.25, -0.2) is 0 Å². The summed E-state index contributed by atoms with van der Waals surface area (Å²) < 4.78 is 0.955. The predicted octanol–water partition coefficient (Wildman–Crippen LogP) is 4.74. The Kier molecular flexibility index (Phi) is 3.60. The third-order valence-electron chi connectivity index (χ3n) is 2.31. The molecule has 2 nitrogen and oxygen atoms in total. The van der Waals surface area contributed by atoms with Gasteiger partial charge in [-0.2, -0.15) is 0 Å². The lowest BCUT2D eigenvalue weighted by molar-refractivity contribution is 1.45. The lowest BCUT2D eigenvalue weighted by atomic mass is 10.2. The fraction of sp³-hybridized carbons (Fsp3) is 0.0769. The summed E-state index contributed by atoms with van der Waals surface area (Å²) in [5, 5.41) is 3.91. The summed E-state index contributed by atoms with van der Waals surface area (Å²) in [5.74, 6) is 0. The smallest absolute Gasteiger partial charge is 0.0652 e. The van der Waals surface area contributed by atoms with Crippen LogP contribution in [-0.2, 0) is 0 Å². The summed E-state index contributed by atoms with van der Waals surface area (Å²) >= 11 is 9.51. The zero-order chi connectivity index (χ0) is 12.4. The minimum absolute atomic E-state index is 0.666. The highest BCUT2D eigenvalue weighted by Crippen LogP contribution is 2.29. The fourth-order valence-electron chi connectivity index (χ4n) is 1.63. The summed E-state index contributed by atoms with van der Waals surface area (Å²) in [4.78, 5) is 0. The van der Waals surface area contributed by atoms with Crippen molar-refractivity contribution in [3.05, 3.63) is 51.5 Å². The van der Waals surface area contributed by atoms with Crippen LogP contribution < -0.4 is 11.1 Å². The highest BCUT2D eigenvalue weighted by molar-refractivity contribution is 9.10. The molecule has 0 aliphatic carbocycles. The molecule has 88 valence electrons. The van der Waals surface area contributed by atoms with Crippen LogP contribution in [0.2, 0.25) is 5.02 Å². The molecule has 0 radical (unpaired) electrons. The lowest BCUT2D eigenvalue weighted by Crippen LogP contribution is -1.94. The number of anilines is 3. The zero-order valence-corrected chi connectivity index (χ0v) is 11.6. The normalized spacial score (nSPS) is 10.3. The Morgan fingerprint density at radius 3 is 2.59 bits per heavy atom. The number of hydrogen-bond acceptors (Lipinski definition) is 2. The van der Waals surface area contributed by atoms with E-state index >= 15 is 0 Å². The first-order chi connectivity index (χ1) is 8.04. The standard InChI is InChI=1S/C13H12BrClN2/c1-8-4-10(16)7-11(5-8)17-13-3-2-9(14)6-12(13)15/h2-7,17H,16H2,1H3. The molecule has 3 N–H and O–H groups in total. The Labute approximate surface area is 114 Å². The van der Waals surface area contributed by atoms with Crippen LogP contribution >= 0.6 is 27.5 Å². The highest BCUT2D eigenvalue weighted by atomic mass is 79.9. The third-order valence-corrected chi connectivity index (χ3v) is 3.12. The average molecular weight is 312 g/mol. The molecule has 2 aromatic carbocycles. The van der Waals surface area contributed by atoms with Crippen LogP contribution in [0.4, 0.5) is 17.1 Å². The van der Waals surface area contributed by atoms with Crippen LogP contribution in [0.3, 0.4) is 0 Å². The maximum absolute atomic E-state index is 6.14. The van der Waals surface area contributed by atoms with E-state index < -0.39 is 0 Å². The molecule has 0 amide bonds. The molecule has 0 fully saturated rings. The SMILES string of the molecule is Cc1cc(N)cc(Nc2ccc(Br)cc2Cl)c1. The van der Waals surface area contributed by atoms with Gasteiger partial charge in [0.05, 0.1) is 10.7 Å². The summed E-state index contributed by atoms with van der Waals surface area (Å²) in [6, 6.07) is 11.5. The van der Waals surface area contributed by atoms with E-state index in [1.54, 1.807) is 0 Å². The van der Waals surface area contributed by atoms with Gasteiger partial charge in [-0.15, -0.1) is 0 Å². The molecule has 0 unspecified atom stereocenters. The predicted molar refractivity (Wildman–Crippen MR) is 78.0 cm³/mol. The molecule has 0 aromatic heterocycles. The van der Waals surface area contributed by atoms with Crippen LogP contribution in [0, 0.1) is 6.92 Å². The quantitative estimate of drug-likeness (QED) is 0.786. The van der Waals surface area contributed by atoms with E-state index in [-0.39, 0.29) is 0 Å². The first-order valence-corrected chi connectivity index (χ1v) is 6.31. The minimum atomic E-state index is 0.666. The lowest BCUT2D eigenvalue weighted by Gasteiger charge is -2.10. The van der Waals surface area contributed by atoms with Crippen LogP contribution in [0.25, 0.3) is 0 Å². The van der Waals surface area contributed by atoms with E-state index in [1.165, 1.54) is 0 Å². The van der Waals surface area contributed by atoms with E-state index in [9.17, 15) is 0 Å². The van der Waals surface area contributed by atoms with Crippen LogP contribution in [0.5, 0.6) is 0 Å². The second-order valence-corrected chi connectivity index (χ2v) is 5.20. The maximum atomic E-state index is 6.14. The zero-order valence-electron chi connectivity index (χ0n) is 9.30. The van der Waals surface area contributed by atoms with Gasteiger partial charge in [-0.3, -0.25) is 0 Å². The van der Waals surface area contributed by atoms with E-state index in [2.05, 4.69) is 21.2 Å². The number of nitrogens with two attached hydrogens (primary N) is 1. The number of nitrogen functional groups attached to an aromatic ring is 1. The molecule has 0 spiro atoms. The maximum Gasteiger partial charge on any atom is 0.0652 e. The fourth-order valence-corrected chi connectivity index (χ4v) is 2.35. The molecular formula is C13H12BrClN2. The van der Waals surface area contributed by atoms with E-state index in [1.807, 2.05) is 43.3 Å². The van der Waals surface area contributed by atoms with Crippen molar-refractivity contribution < 1.29 is 0 Å². The Balaban J connectivity index is 2.31.